The number of aryl methyl sites for hydroxylation is 1. The van der Waals surface area contributed by atoms with Gasteiger partial charge >= 0.3 is 4.87 Å². The highest BCUT2D eigenvalue weighted by atomic mass is 32.1. The Morgan fingerprint density at radius 1 is 1.40 bits per heavy atom. The van der Waals surface area contributed by atoms with Crippen LogP contribution in [0.4, 0.5) is 0 Å². The van der Waals surface area contributed by atoms with Gasteiger partial charge in [-0.15, -0.1) is 10.2 Å². The summed E-state index contributed by atoms with van der Waals surface area (Å²) in [7, 11) is 0. The molecule has 0 aliphatic carbocycles. The molecule has 1 amide bonds. The number of nitrogens with zero attached hydrogens (tertiary/aromatic N) is 4. The van der Waals surface area contributed by atoms with Gasteiger partial charge in [-0.1, -0.05) is 18.3 Å². The highest BCUT2D eigenvalue weighted by Gasteiger charge is 2.19. The Balaban J connectivity index is 1.73. The predicted molar refractivity (Wildman–Crippen MR) is 91.0 cm³/mol. The standard InChI is InChI=1S/C16H18N4O4S/c1-3-6-19(14(21)9-20-11(2)10-25-16(20)22)8-13-17-18-15(24-13)12-5-4-7-23-12/h4-5,7,10H,3,6,8-9H2,1-2H3. The molecule has 3 rings (SSSR count). The van der Waals surface area contributed by atoms with Crippen molar-refractivity contribution in [3.05, 3.63) is 45.0 Å². The van der Waals surface area contributed by atoms with Crippen molar-refractivity contribution in [3.63, 3.8) is 0 Å². The molecule has 0 radical (unpaired) electrons. The van der Waals surface area contributed by atoms with E-state index in [9.17, 15) is 9.59 Å². The third kappa shape index (κ3) is 3.87. The van der Waals surface area contributed by atoms with Gasteiger partial charge in [0.2, 0.25) is 11.8 Å². The quantitative estimate of drug-likeness (QED) is 0.640. The van der Waals surface area contributed by atoms with Gasteiger partial charge in [-0.2, -0.15) is 0 Å². The van der Waals surface area contributed by atoms with E-state index in [1.165, 1.54) is 10.8 Å². The molecule has 0 fully saturated rings. The van der Waals surface area contributed by atoms with Gasteiger partial charge in [0.25, 0.3) is 5.89 Å². The lowest BCUT2D eigenvalue weighted by atomic mass is 10.3. The molecule has 0 saturated heterocycles. The van der Waals surface area contributed by atoms with Crippen LogP contribution in [-0.4, -0.2) is 32.1 Å². The van der Waals surface area contributed by atoms with Crippen molar-refractivity contribution in [2.45, 2.75) is 33.4 Å². The van der Waals surface area contributed by atoms with E-state index in [0.29, 0.717) is 18.2 Å². The summed E-state index contributed by atoms with van der Waals surface area (Å²) < 4.78 is 12.2. The summed E-state index contributed by atoms with van der Waals surface area (Å²) in [6, 6.07) is 3.45. The molecule has 0 atom stereocenters. The fourth-order valence-corrected chi connectivity index (χ4v) is 3.11. The second-order valence-corrected chi connectivity index (χ2v) is 6.34. The normalized spacial score (nSPS) is 11.0. The van der Waals surface area contributed by atoms with Crippen LogP contribution < -0.4 is 4.87 Å². The summed E-state index contributed by atoms with van der Waals surface area (Å²) in [6.07, 6.45) is 2.30. The number of aromatic nitrogens is 3. The van der Waals surface area contributed by atoms with Crippen molar-refractivity contribution >= 4 is 17.2 Å². The smallest absolute Gasteiger partial charge is 0.307 e. The summed E-state index contributed by atoms with van der Waals surface area (Å²) in [6.45, 7) is 4.52. The SMILES string of the molecule is CCCN(Cc1nnc(-c2ccco2)o1)C(=O)Cn1c(C)csc1=O. The number of thiazole rings is 1. The number of amides is 1. The summed E-state index contributed by atoms with van der Waals surface area (Å²) >= 11 is 1.09. The second kappa shape index (κ2) is 7.47. The van der Waals surface area contributed by atoms with Crippen LogP contribution in [0.15, 0.2) is 37.4 Å². The minimum atomic E-state index is -0.164. The van der Waals surface area contributed by atoms with Crippen molar-refractivity contribution < 1.29 is 13.6 Å². The zero-order valence-electron chi connectivity index (χ0n) is 14.0. The van der Waals surface area contributed by atoms with E-state index in [-0.39, 0.29) is 29.8 Å². The highest BCUT2D eigenvalue weighted by Crippen LogP contribution is 2.18. The van der Waals surface area contributed by atoms with E-state index in [4.69, 9.17) is 8.83 Å². The molecule has 9 heteroatoms. The molecule has 3 aromatic heterocycles. The number of rotatable bonds is 7. The molecular weight excluding hydrogens is 344 g/mol. The summed E-state index contributed by atoms with van der Waals surface area (Å²) in [5, 5.41) is 9.65. The lowest BCUT2D eigenvalue weighted by Crippen LogP contribution is -2.36. The molecule has 0 bridgehead atoms. The molecule has 0 spiro atoms. The summed E-state index contributed by atoms with van der Waals surface area (Å²) in [5.74, 6) is 0.909. The average Bonchev–Trinajstić information content (AvgIpc) is 3.32. The van der Waals surface area contributed by atoms with Gasteiger partial charge in [0, 0.05) is 17.6 Å². The lowest BCUT2D eigenvalue weighted by molar-refractivity contribution is -0.132. The van der Waals surface area contributed by atoms with Crippen LogP contribution in [0.5, 0.6) is 0 Å². The first-order valence-electron chi connectivity index (χ1n) is 7.87. The third-order valence-electron chi connectivity index (χ3n) is 3.64. The predicted octanol–water partition coefficient (Wildman–Crippen LogP) is 2.30. The highest BCUT2D eigenvalue weighted by molar-refractivity contribution is 7.07. The van der Waals surface area contributed by atoms with Crippen molar-refractivity contribution in [2.75, 3.05) is 6.54 Å². The second-order valence-electron chi connectivity index (χ2n) is 5.52. The van der Waals surface area contributed by atoms with Crippen molar-refractivity contribution in [3.8, 4) is 11.7 Å². The largest absolute Gasteiger partial charge is 0.459 e. The van der Waals surface area contributed by atoms with Gasteiger partial charge in [-0.25, -0.2) is 0 Å². The Kier molecular flexibility index (Phi) is 5.13. The van der Waals surface area contributed by atoms with E-state index in [1.807, 2.05) is 13.8 Å². The fraction of sp³-hybridized carbons (Fsp3) is 0.375. The summed E-state index contributed by atoms with van der Waals surface area (Å²) in [5.41, 5.74) is 0.776. The topological polar surface area (TPSA) is 94.4 Å². The molecule has 0 saturated carbocycles. The average molecular weight is 362 g/mol. The van der Waals surface area contributed by atoms with Gasteiger partial charge in [0.15, 0.2) is 5.76 Å². The van der Waals surface area contributed by atoms with Gasteiger partial charge in [0.1, 0.15) is 6.54 Å². The molecule has 3 heterocycles. The molecule has 0 aliphatic heterocycles. The number of carbonyl (C=O) groups is 1. The van der Waals surface area contributed by atoms with Crippen molar-refractivity contribution in [1.82, 2.24) is 19.7 Å². The van der Waals surface area contributed by atoms with Crippen LogP contribution in [-0.2, 0) is 17.9 Å². The number of carbonyl (C=O) groups excluding carboxylic acids is 1. The van der Waals surface area contributed by atoms with E-state index in [2.05, 4.69) is 10.2 Å². The Bertz CT molecular complexity index is 894. The first kappa shape index (κ1) is 17.2. The molecule has 0 aliphatic rings. The van der Waals surface area contributed by atoms with Gasteiger partial charge in [-0.3, -0.25) is 14.2 Å². The molecule has 25 heavy (non-hydrogen) atoms. The molecule has 8 nitrogen and oxygen atoms in total. The van der Waals surface area contributed by atoms with Crippen LogP contribution in [0.2, 0.25) is 0 Å². The Hall–Kier alpha value is -2.68. The van der Waals surface area contributed by atoms with E-state index in [1.54, 1.807) is 22.4 Å². The van der Waals surface area contributed by atoms with Crippen LogP contribution >= 0.6 is 11.3 Å². The van der Waals surface area contributed by atoms with E-state index >= 15 is 0 Å². The molecule has 0 aromatic carbocycles. The minimum absolute atomic E-state index is 0.00729. The Labute approximate surface area is 147 Å². The number of furan rings is 1. The first-order chi connectivity index (χ1) is 12.1. The number of hydrogen-bond donors (Lipinski definition) is 0. The maximum Gasteiger partial charge on any atom is 0.307 e. The zero-order valence-corrected chi connectivity index (χ0v) is 14.8. The maximum atomic E-state index is 12.6. The Morgan fingerprint density at radius 2 is 2.24 bits per heavy atom. The summed E-state index contributed by atoms with van der Waals surface area (Å²) in [4.78, 5) is 25.9. The molecule has 0 unspecified atom stereocenters. The third-order valence-corrected chi connectivity index (χ3v) is 4.52. The molecule has 3 aromatic rings. The fourth-order valence-electron chi connectivity index (χ4n) is 2.37. The van der Waals surface area contributed by atoms with E-state index in [0.717, 1.165) is 23.5 Å². The van der Waals surface area contributed by atoms with Crippen LogP contribution in [0.1, 0.15) is 24.9 Å². The van der Waals surface area contributed by atoms with Gasteiger partial charge in [-0.05, 0) is 25.5 Å². The maximum absolute atomic E-state index is 12.6. The molecule has 132 valence electrons. The minimum Gasteiger partial charge on any atom is -0.459 e. The Morgan fingerprint density at radius 3 is 2.88 bits per heavy atom. The van der Waals surface area contributed by atoms with Crippen LogP contribution in [0.25, 0.3) is 11.7 Å². The van der Waals surface area contributed by atoms with Gasteiger partial charge in [0.05, 0.1) is 12.8 Å². The zero-order chi connectivity index (χ0) is 17.8. The van der Waals surface area contributed by atoms with Crippen molar-refractivity contribution in [1.29, 1.82) is 0 Å². The van der Waals surface area contributed by atoms with Crippen LogP contribution in [0, 0.1) is 6.92 Å². The van der Waals surface area contributed by atoms with Gasteiger partial charge < -0.3 is 13.7 Å². The lowest BCUT2D eigenvalue weighted by Gasteiger charge is -2.20. The van der Waals surface area contributed by atoms with Crippen LogP contribution in [0.3, 0.4) is 0 Å². The first-order valence-corrected chi connectivity index (χ1v) is 8.75. The van der Waals surface area contributed by atoms with Crippen molar-refractivity contribution in [2.24, 2.45) is 0 Å². The monoisotopic (exact) mass is 362 g/mol. The number of hydrogen-bond acceptors (Lipinski definition) is 7. The van der Waals surface area contributed by atoms with E-state index < -0.39 is 0 Å². The molecule has 0 N–H and O–H groups in total. The molecular formula is C16H18N4O4S.